The summed E-state index contributed by atoms with van der Waals surface area (Å²) in [5, 5.41) is 25.0. The van der Waals surface area contributed by atoms with Gasteiger partial charge in [-0.05, 0) is 37.3 Å². The van der Waals surface area contributed by atoms with Crippen LogP contribution in [0.1, 0.15) is 49.2 Å². The maximum Gasteiger partial charge on any atom is 0.232 e. The molecule has 11 nitrogen and oxygen atoms in total. The summed E-state index contributed by atoms with van der Waals surface area (Å²) in [5.41, 5.74) is 3.84. The van der Waals surface area contributed by atoms with Crippen LogP contribution in [0.25, 0.3) is 0 Å². The normalized spacial score (nSPS) is 11.9. The number of nitrogens with one attached hydrogen (secondary N) is 2. The number of aryl methyl sites for hydroxylation is 2. The summed E-state index contributed by atoms with van der Waals surface area (Å²) in [6.07, 6.45) is 11.4. The van der Waals surface area contributed by atoms with Gasteiger partial charge in [-0.2, -0.15) is 10.2 Å². The minimum Gasteiger partial charge on any atom is -0.309 e. The van der Waals surface area contributed by atoms with Gasteiger partial charge < -0.3 is 10.6 Å². The molecular weight excluding hydrogens is 490 g/mol. The van der Waals surface area contributed by atoms with Gasteiger partial charge in [-0.25, -0.2) is 0 Å². The molecule has 2 amide bonds. The second kappa shape index (κ2) is 15.1. The Bertz CT molecular complexity index is 1200. The van der Waals surface area contributed by atoms with Gasteiger partial charge >= 0.3 is 0 Å². The van der Waals surface area contributed by atoms with E-state index in [1.54, 1.807) is 46.9 Å². The molecule has 0 aliphatic heterocycles. The lowest BCUT2D eigenvalue weighted by atomic mass is 10.2. The molecule has 0 unspecified atom stereocenters. The van der Waals surface area contributed by atoms with Crippen molar-refractivity contribution in [2.24, 2.45) is 7.05 Å². The van der Waals surface area contributed by atoms with Crippen molar-refractivity contribution in [2.75, 3.05) is 10.6 Å². The highest BCUT2D eigenvalue weighted by atomic mass is 32.1. The van der Waals surface area contributed by atoms with Crippen LogP contribution in [0.15, 0.2) is 54.3 Å². The molecule has 194 valence electrons. The first kappa shape index (κ1) is 27.5. The lowest BCUT2D eigenvalue weighted by Crippen LogP contribution is -2.16. The van der Waals surface area contributed by atoms with Crippen LogP contribution in [0, 0.1) is 6.92 Å². The Morgan fingerprint density at radius 1 is 0.892 bits per heavy atom. The molecule has 1 fully saturated rings. The molecule has 0 atom stereocenters. The Balaban J connectivity index is 0.000000174. The van der Waals surface area contributed by atoms with Gasteiger partial charge in [-0.15, -0.1) is 15.3 Å². The Hall–Kier alpha value is -4.06. The van der Waals surface area contributed by atoms with E-state index in [0.717, 1.165) is 17.1 Å². The number of aromatic nitrogens is 7. The minimum atomic E-state index is -0.151. The SMILES string of the molecule is C1CCCC1.Cc1ccc(NC(=O)Cc2ccccn2)nn1.Cn1ccc(CC(=O)Nc2nncs2)n1. The lowest BCUT2D eigenvalue weighted by molar-refractivity contribution is -0.116. The van der Waals surface area contributed by atoms with Crippen molar-refractivity contribution in [1.29, 1.82) is 0 Å². The summed E-state index contributed by atoms with van der Waals surface area (Å²) < 4.78 is 1.66. The van der Waals surface area contributed by atoms with Gasteiger partial charge in [0.15, 0.2) is 5.82 Å². The number of rotatable bonds is 6. The third-order valence-corrected chi connectivity index (χ3v) is 5.71. The Labute approximate surface area is 219 Å². The van der Waals surface area contributed by atoms with Crippen LogP contribution in [0.2, 0.25) is 0 Å². The molecule has 2 N–H and O–H groups in total. The molecule has 0 saturated heterocycles. The zero-order chi connectivity index (χ0) is 26.3. The predicted molar refractivity (Wildman–Crippen MR) is 142 cm³/mol. The van der Waals surface area contributed by atoms with E-state index in [2.05, 4.69) is 41.1 Å². The fourth-order valence-electron chi connectivity index (χ4n) is 3.32. The first-order valence-electron chi connectivity index (χ1n) is 12.0. The van der Waals surface area contributed by atoms with Crippen LogP contribution in [0.4, 0.5) is 10.9 Å². The van der Waals surface area contributed by atoms with E-state index in [9.17, 15) is 9.59 Å². The number of carbonyl (C=O) groups excluding carboxylic acids is 2. The van der Waals surface area contributed by atoms with E-state index in [-0.39, 0.29) is 24.7 Å². The van der Waals surface area contributed by atoms with Crippen LogP contribution in [0.5, 0.6) is 0 Å². The average Bonchev–Trinajstić information content (AvgIpc) is 3.68. The topological polar surface area (TPSA) is 140 Å². The van der Waals surface area contributed by atoms with Crippen molar-refractivity contribution in [1.82, 2.24) is 35.2 Å². The number of pyridine rings is 1. The zero-order valence-electron chi connectivity index (χ0n) is 21.0. The quantitative estimate of drug-likeness (QED) is 0.391. The number of anilines is 2. The van der Waals surface area contributed by atoms with Crippen LogP contribution in [-0.2, 0) is 29.5 Å². The summed E-state index contributed by atoms with van der Waals surface area (Å²) in [5.74, 6) is 0.170. The molecule has 0 spiro atoms. The zero-order valence-corrected chi connectivity index (χ0v) is 21.8. The fourth-order valence-corrected chi connectivity index (χ4v) is 3.78. The average molecular weight is 522 g/mol. The number of hydrogen-bond acceptors (Lipinski definition) is 9. The van der Waals surface area contributed by atoms with E-state index in [1.807, 2.05) is 26.1 Å². The molecule has 4 heterocycles. The highest BCUT2D eigenvalue weighted by Gasteiger charge is 2.08. The number of carbonyl (C=O) groups is 2. The second-order valence-corrected chi connectivity index (χ2v) is 9.16. The molecule has 12 heteroatoms. The first-order chi connectivity index (χ1) is 18.0. The van der Waals surface area contributed by atoms with Crippen molar-refractivity contribution in [3.8, 4) is 0 Å². The van der Waals surface area contributed by atoms with Gasteiger partial charge in [-0.3, -0.25) is 19.3 Å². The fraction of sp³-hybridized carbons (Fsp3) is 0.360. The highest BCUT2D eigenvalue weighted by Crippen LogP contribution is 2.15. The smallest absolute Gasteiger partial charge is 0.232 e. The molecule has 0 bridgehead atoms. The highest BCUT2D eigenvalue weighted by molar-refractivity contribution is 7.13. The van der Waals surface area contributed by atoms with Crippen LogP contribution >= 0.6 is 11.3 Å². The maximum absolute atomic E-state index is 11.6. The number of hydrogen-bond donors (Lipinski definition) is 2. The summed E-state index contributed by atoms with van der Waals surface area (Å²) >= 11 is 1.29. The van der Waals surface area contributed by atoms with Gasteiger partial charge in [0.05, 0.1) is 24.2 Å². The summed E-state index contributed by atoms with van der Waals surface area (Å²) in [4.78, 5) is 27.2. The van der Waals surface area contributed by atoms with Crippen molar-refractivity contribution in [3.63, 3.8) is 0 Å². The standard InChI is InChI=1S/C12H12N4O.C8H9N5OS.C5H10/c1-9-5-6-11(16-15-9)14-12(17)8-10-4-2-3-7-13-10;1-13-3-2-6(12-13)4-7(14)10-8-11-9-5-15-8;1-2-4-5-3-1/h2-7H,8H2,1H3,(H,14,16,17);2-3,5H,4H2,1H3,(H,10,11,14);1-5H2. The van der Waals surface area contributed by atoms with Gasteiger partial charge in [0.2, 0.25) is 16.9 Å². The van der Waals surface area contributed by atoms with Gasteiger partial charge in [0, 0.05) is 25.1 Å². The molecule has 4 aromatic heterocycles. The predicted octanol–water partition coefficient (Wildman–Crippen LogP) is 3.76. The van der Waals surface area contributed by atoms with E-state index in [4.69, 9.17) is 0 Å². The Morgan fingerprint density at radius 2 is 1.62 bits per heavy atom. The van der Waals surface area contributed by atoms with Crippen molar-refractivity contribution < 1.29 is 9.59 Å². The van der Waals surface area contributed by atoms with E-state index in [0.29, 0.717) is 10.9 Å². The maximum atomic E-state index is 11.6. The molecule has 1 aliphatic carbocycles. The van der Waals surface area contributed by atoms with E-state index >= 15 is 0 Å². The summed E-state index contributed by atoms with van der Waals surface area (Å²) in [6.45, 7) is 1.84. The Morgan fingerprint density at radius 3 is 2.19 bits per heavy atom. The lowest BCUT2D eigenvalue weighted by Gasteiger charge is -2.03. The third-order valence-electron chi connectivity index (χ3n) is 5.10. The van der Waals surface area contributed by atoms with Crippen LogP contribution in [0.3, 0.4) is 0 Å². The number of nitrogens with zero attached hydrogens (tertiary/aromatic N) is 7. The molecule has 1 saturated carbocycles. The summed E-state index contributed by atoms with van der Waals surface area (Å²) in [7, 11) is 1.81. The third kappa shape index (κ3) is 11.0. The van der Waals surface area contributed by atoms with E-state index in [1.165, 1.54) is 43.4 Å². The monoisotopic (exact) mass is 521 g/mol. The number of amides is 2. The van der Waals surface area contributed by atoms with Gasteiger partial charge in [0.25, 0.3) is 0 Å². The molecule has 37 heavy (non-hydrogen) atoms. The van der Waals surface area contributed by atoms with Crippen molar-refractivity contribution in [3.05, 3.63) is 71.4 Å². The van der Waals surface area contributed by atoms with E-state index < -0.39 is 0 Å². The molecule has 5 rings (SSSR count). The van der Waals surface area contributed by atoms with Gasteiger partial charge in [-0.1, -0.05) is 49.5 Å². The molecule has 1 aliphatic rings. The van der Waals surface area contributed by atoms with Crippen molar-refractivity contribution in [2.45, 2.75) is 51.9 Å². The first-order valence-corrected chi connectivity index (χ1v) is 12.9. The van der Waals surface area contributed by atoms with Crippen LogP contribution in [-0.4, -0.2) is 47.0 Å². The molecular formula is C25H31N9O2S. The molecule has 0 radical (unpaired) electrons. The Kier molecular flexibility index (Phi) is 11.3. The minimum absolute atomic E-state index is 0.134. The molecule has 0 aromatic carbocycles. The van der Waals surface area contributed by atoms with Crippen molar-refractivity contribution >= 4 is 34.1 Å². The van der Waals surface area contributed by atoms with Gasteiger partial charge in [0.1, 0.15) is 5.51 Å². The molecule has 4 aromatic rings. The summed E-state index contributed by atoms with van der Waals surface area (Å²) in [6, 6.07) is 10.8. The largest absolute Gasteiger partial charge is 0.309 e. The second-order valence-electron chi connectivity index (χ2n) is 8.32. The van der Waals surface area contributed by atoms with Crippen LogP contribution < -0.4 is 10.6 Å².